The summed E-state index contributed by atoms with van der Waals surface area (Å²) in [4.78, 5) is 23.2. The summed E-state index contributed by atoms with van der Waals surface area (Å²) in [7, 11) is 1.60. The summed E-state index contributed by atoms with van der Waals surface area (Å²) < 4.78 is 5.47. The molecule has 0 aliphatic carbocycles. The molecule has 1 saturated heterocycles. The van der Waals surface area contributed by atoms with Crippen LogP contribution in [0, 0.1) is 0 Å². The van der Waals surface area contributed by atoms with Crippen LogP contribution in [0.5, 0.6) is 5.75 Å². The molecule has 1 aliphatic rings. The molecule has 1 unspecified atom stereocenters. The van der Waals surface area contributed by atoms with Crippen LogP contribution in [-0.2, 0) is 9.59 Å². The molecule has 1 heterocycles. The monoisotopic (exact) mass is 305 g/mol. The molecule has 120 valence electrons. The Morgan fingerprint density at radius 1 is 1.27 bits per heavy atom. The van der Waals surface area contributed by atoms with Gasteiger partial charge in [-0.2, -0.15) is 0 Å². The normalized spacial score (nSPS) is 17.6. The van der Waals surface area contributed by atoms with Gasteiger partial charge in [0, 0.05) is 12.7 Å². The summed E-state index contributed by atoms with van der Waals surface area (Å²) in [6, 6.07) is 7.07. The summed E-state index contributed by atoms with van der Waals surface area (Å²) in [5.41, 5.74) is 0.746. The number of amides is 2. The highest BCUT2D eigenvalue weighted by Gasteiger charge is 2.20. The minimum atomic E-state index is -0.0998. The van der Waals surface area contributed by atoms with Crippen LogP contribution in [-0.4, -0.2) is 38.1 Å². The zero-order valence-corrected chi connectivity index (χ0v) is 12.9. The number of rotatable bonds is 6. The molecule has 1 aromatic carbocycles. The Hall–Kier alpha value is -2.08. The highest BCUT2D eigenvalue weighted by molar-refractivity contribution is 5.94. The van der Waals surface area contributed by atoms with E-state index >= 15 is 0 Å². The predicted octanol–water partition coefficient (Wildman–Crippen LogP) is 1.28. The summed E-state index contributed by atoms with van der Waals surface area (Å²) in [5, 5.41) is 8.66. The molecule has 0 spiro atoms. The smallest absolute Gasteiger partial charge is 0.241 e. The third-order valence-electron chi connectivity index (χ3n) is 3.63. The molecule has 6 nitrogen and oxygen atoms in total. The lowest BCUT2D eigenvalue weighted by Gasteiger charge is -2.22. The molecule has 1 fully saturated rings. The van der Waals surface area contributed by atoms with E-state index in [0.29, 0.717) is 18.8 Å². The Morgan fingerprint density at radius 3 is 2.68 bits per heavy atom. The summed E-state index contributed by atoms with van der Waals surface area (Å²) >= 11 is 0. The fourth-order valence-corrected chi connectivity index (χ4v) is 2.33. The first-order chi connectivity index (χ1) is 10.7. The number of piperidine rings is 1. The van der Waals surface area contributed by atoms with Crippen molar-refractivity contribution in [3.63, 3.8) is 0 Å². The van der Waals surface area contributed by atoms with Crippen molar-refractivity contribution in [1.82, 2.24) is 10.6 Å². The van der Waals surface area contributed by atoms with E-state index < -0.39 is 0 Å². The van der Waals surface area contributed by atoms with Gasteiger partial charge in [0.1, 0.15) is 5.75 Å². The Labute approximate surface area is 130 Å². The van der Waals surface area contributed by atoms with E-state index in [0.717, 1.165) is 31.5 Å². The van der Waals surface area contributed by atoms with E-state index in [9.17, 15) is 9.59 Å². The molecule has 1 aliphatic heterocycles. The first-order valence-electron chi connectivity index (χ1n) is 7.67. The van der Waals surface area contributed by atoms with Crippen LogP contribution >= 0.6 is 0 Å². The van der Waals surface area contributed by atoms with Crippen molar-refractivity contribution in [3.8, 4) is 5.75 Å². The predicted molar refractivity (Wildman–Crippen MR) is 84.9 cm³/mol. The highest BCUT2D eigenvalue weighted by atomic mass is 16.5. The lowest BCUT2D eigenvalue weighted by Crippen LogP contribution is -2.43. The molecule has 2 amide bonds. The van der Waals surface area contributed by atoms with Crippen molar-refractivity contribution in [2.45, 2.75) is 31.7 Å². The summed E-state index contributed by atoms with van der Waals surface area (Å²) in [6.45, 7) is 1.23. The number of anilines is 1. The van der Waals surface area contributed by atoms with Gasteiger partial charge >= 0.3 is 0 Å². The van der Waals surface area contributed by atoms with E-state index in [-0.39, 0.29) is 17.9 Å². The van der Waals surface area contributed by atoms with E-state index in [4.69, 9.17) is 4.74 Å². The molecular weight excluding hydrogens is 282 g/mol. The summed E-state index contributed by atoms with van der Waals surface area (Å²) in [6.07, 6.45) is 3.42. The van der Waals surface area contributed by atoms with Gasteiger partial charge in [0.25, 0.3) is 0 Å². The van der Waals surface area contributed by atoms with Crippen LogP contribution in [0.15, 0.2) is 24.3 Å². The molecular formula is C16H23N3O3. The van der Waals surface area contributed by atoms with Crippen molar-refractivity contribution in [3.05, 3.63) is 24.3 Å². The van der Waals surface area contributed by atoms with Gasteiger partial charge in [-0.3, -0.25) is 9.59 Å². The second-order valence-corrected chi connectivity index (χ2v) is 5.29. The number of nitrogens with one attached hydrogen (secondary N) is 3. The number of carbonyl (C=O) groups excluding carboxylic acids is 2. The van der Waals surface area contributed by atoms with Gasteiger partial charge in [0.2, 0.25) is 11.8 Å². The number of hydrogen-bond acceptors (Lipinski definition) is 4. The Bertz CT molecular complexity index is 496. The van der Waals surface area contributed by atoms with Gasteiger partial charge in [0.15, 0.2) is 0 Å². The maximum absolute atomic E-state index is 12.1. The lowest BCUT2D eigenvalue weighted by molar-refractivity contribution is -0.121. The third-order valence-corrected chi connectivity index (χ3v) is 3.63. The van der Waals surface area contributed by atoms with Gasteiger partial charge in [-0.05, 0) is 43.7 Å². The van der Waals surface area contributed by atoms with E-state index in [1.807, 2.05) is 0 Å². The van der Waals surface area contributed by atoms with Crippen LogP contribution in [0.4, 0.5) is 5.69 Å². The second-order valence-electron chi connectivity index (χ2n) is 5.29. The fraction of sp³-hybridized carbons (Fsp3) is 0.500. The summed E-state index contributed by atoms with van der Waals surface area (Å²) in [5.74, 6) is 0.634. The molecule has 0 radical (unpaired) electrons. The second kappa shape index (κ2) is 8.38. The van der Waals surface area contributed by atoms with Crippen molar-refractivity contribution in [2.75, 3.05) is 25.5 Å². The minimum absolute atomic E-state index is 0.00739. The van der Waals surface area contributed by atoms with Gasteiger partial charge < -0.3 is 20.7 Å². The molecule has 0 aromatic heterocycles. The zero-order valence-electron chi connectivity index (χ0n) is 12.9. The van der Waals surface area contributed by atoms with E-state index in [1.165, 1.54) is 0 Å². The Morgan fingerprint density at radius 2 is 2.05 bits per heavy atom. The van der Waals surface area contributed by atoms with Crippen LogP contribution in [0.3, 0.4) is 0 Å². The van der Waals surface area contributed by atoms with Gasteiger partial charge in [0.05, 0.1) is 19.1 Å². The standard InChI is InChI=1S/C16H23N3O3/c1-17-15(20)9-11-22-13-7-5-12(6-8-13)19-16(21)14-4-2-3-10-18-14/h5-8,14,18H,2-4,9-11H2,1H3,(H,17,20)(H,19,21). The van der Waals surface area contributed by atoms with Gasteiger partial charge in [-0.25, -0.2) is 0 Å². The van der Waals surface area contributed by atoms with Gasteiger partial charge in [-0.15, -0.1) is 0 Å². The Balaban J connectivity index is 1.78. The molecule has 0 bridgehead atoms. The van der Waals surface area contributed by atoms with Crippen LogP contribution in [0.1, 0.15) is 25.7 Å². The molecule has 22 heavy (non-hydrogen) atoms. The molecule has 0 saturated carbocycles. The molecule has 6 heteroatoms. The maximum atomic E-state index is 12.1. The van der Waals surface area contributed by atoms with Crippen molar-refractivity contribution in [1.29, 1.82) is 0 Å². The van der Waals surface area contributed by atoms with Crippen molar-refractivity contribution >= 4 is 17.5 Å². The average Bonchev–Trinajstić information content (AvgIpc) is 2.57. The zero-order chi connectivity index (χ0) is 15.8. The molecule has 1 aromatic rings. The van der Waals surface area contributed by atoms with Crippen LogP contribution in [0.2, 0.25) is 0 Å². The topological polar surface area (TPSA) is 79.5 Å². The number of ether oxygens (including phenoxy) is 1. The van der Waals surface area contributed by atoms with Crippen LogP contribution < -0.4 is 20.7 Å². The van der Waals surface area contributed by atoms with Crippen molar-refractivity contribution in [2.24, 2.45) is 0 Å². The molecule has 2 rings (SSSR count). The van der Waals surface area contributed by atoms with Crippen molar-refractivity contribution < 1.29 is 14.3 Å². The number of carbonyl (C=O) groups is 2. The largest absolute Gasteiger partial charge is 0.493 e. The average molecular weight is 305 g/mol. The first-order valence-corrected chi connectivity index (χ1v) is 7.67. The number of benzene rings is 1. The first kappa shape index (κ1) is 16.3. The Kier molecular flexibility index (Phi) is 6.21. The van der Waals surface area contributed by atoms with E-state index in [2.05, 4.69) is 16.0 Å². The van der Waals surface area contributed by atoms with E-state index in [1.54, 1.807) is 31.3 Å². The van der Waals surface area contributed by atoms with Gasteiger partial charge in [-0.1, -0.05) is 6.42 Å². The quantitative estimate of drug-likeness (QED) is 0.740. The number of hydrogen-bond donors (Lipinski definition) is 3. The van der Waals surface area contributed by atoms with Crippen LogP contribution in [0.25, 0.3) is 0 Å². The fourth-order valence-electron chi connectivity index (χ4n) is 2.33. The molecule has 3 N–H and O–H groups in total. The maximum Gasteiger partial charge on any atom is 0.241 e. The third kappa shape index (κ3) is 5.04. The SMILES string of the molecule is CNC(=O)CCOc1ccc(NC(=O)C2CCCCN2)cc1. The minimum Gasteiger partial charge on any atom is -0.493 e. The lowest BCUT2D eigenvalue weighted by atomic mass is 10.0. The molecule has 1 atom stereocenters. The highest BCUT2D eigenvalue weighted by Crippen LogP contribution is 2.17.